The molecule has 3 heteroatoms. The van der Waals surface area contributed by atoms with E-state index in [1.54, 1.807) is 0 Å². The molecule has 3 aliphatic rings. The maximum Gasteiger partial charge on any atom is 0.0767 e. The van der Waals surface area contributed by atoms with Gasteiger partial charge in [-0.05, 0) is 36.5 Å². The molecular formula is C14H24N2O. The number of fused-ring (bicyclic) bond motifs is 1. The average molecular weight is 236 g/mol. The first-order valence-corrected chi connectivity index (χ1v) is 6.98. The molecule has 1 unspecified atom stereocenters. The summed E-state index contributed by atoms with van der Waals surface area (Å²) in [6.07, 6.45) is 3.06. The molecule has 1 aliphatic heterocycles. The zero-order valence-corrected chi connectivity index (χ0v) is 11.4. The van der Waals surface area contributed by atoms with Crippen molar-refractivity contribution in [1.29, 1.82) is 0 Å². The number of hydrazone groups is 1. The van der Waals surface area contributed by atoms with Crippen molar-refractivity contribution >= 4 is 5.71 Å². The second kappa shape index (κ2) is 3.98. The SMILES string of the molecule is CO[C@@H]1C[C@H]2[C@@H](CC1C)[C@@H]2N1CC(C(C)C)=N1. The normalized spacial score (nSPS) is 44.2. The topological polar surface area (TPSA) is 24.8 Å². The lowest BCUT2D eigenvalue weighted by atomic mass is 9.88. The van der Waals surface area contributed by atoms with E-state index in [0.717, 1.165) is 30.3 Å². The van der Waals surface area contributed by atoms with E-state index in [1.165, 1.54) is 18.6 Å². The van der Waals surface area contributed by atoms with Gasteiger partial charge < -0.3 is 4.74 Å². The van der Waals surface area contributed by atoms with Gasteiger partial charge in [-0.25, -0.2) is 0 Å². The van der Waals surface area contributed by atoms with Crippen molar-refractivity contribution in [1.82, 2.24) is 5.01 Å². The van der Waals surface area contributed by atoms with E-state index in [0.29, 0.717) is 12.0 Å². The molecule has 3 nitrogen and oxygen atoms in total. The molecule has 2 fully saturated rings. The largest absolute Gasteiger partial charge is 0.381 e. The van der Waals surface area contributed by atoms with Gasteiger partial charge in [0.2, 0.25) is 0 Å². The van der Waals surface area contributed by atoms with Crippen LogP contribution in [-0.2, 0) is 4.74 Å². The lowest BCUT2D eigenvalue weighted by molar-refractivity contribution is 0.0273. The minimum Gasteiger partial charge on any atom is -0.381 e. The molecule has 96 valence electrons. The molecule has 17 heavy (non-hydrogen) atoms. The Bertz CT molecular complexity index is 339. The molecule has 2 saturated carbocycles. The predicted octanol–water partition coefficient (Wildman–Crippen LogP) is 2.37. The number of hydrogen-bond acceptors (Lipinski definition) is 3. The monoisotopic (exact) mass is 236 g/mol. The standard InChI is InChI=1S/C14H24N2O/c1-8(2)12-7-16(15-12)14-10-5-9(3)13(17-4)6-11(10)14/h8-11,13-14H,5-7H2,1-4H3/t9?,10-,11+,13-,14+/m1/s1. The fraction of sp³-hybridized carbons (Fsp3) is 0.929. The quantitative estimate of drug-likeness (QED) is 0.751. The van der Waals surface area contributed by atoms with Gasteiger partial charge in [0.25, 0.3) is 0 Å². The predicted molar refractivity (Wildman–Crippen MR) is 68.9 cm³/mol. The molecule has 5 atom stereocenters. The number of methoxy groups -OCH3 is 1. The molecular weight excluding hydrogens is 212 g/mol. The van der Waals surface area contributed by atoms with Crippen LogP contribution in [0.1, 0.15) is 33.6 Å². The highest BCUT2D eigenvalue weighted by Gasteiger charge is 2.58. The van der Waals surface area contributed by atoms with Crippen molar-refractivity contribution in [3.05, 3.63) is 0 Å². The van der Waals surface area contributed by atoms with E-state index in [4.69, 9.17) is 9.84 Å². The van der Waals surface area contributed by atoms with Gasteiger partial charge in [-0.15, -0.1) is 0 Å². The average Bonchev–Trinajstić information content (AvgIpc) is 2.87. The zero-order valence-electron chi connectivity index (χ0n) is 11.4. The Hall–Kier alpha value is -0.570. The molecule has 2 aliphatic carbocycles. The fourth-order valence-corrected chi connectivity index (χ4v) is 3.70. The Labute approximate surface area is 104 Å². The summed E-state index contributed by atoms with van der Waals surface area (Å²) in [4.78, 5) is 0. The highest BCUT2D eigenvalue weighted by Crippen LogP contribution is 2.55. The van der Waals surface area contributed by atoms with Crippen LogP contribution in [0.25, 0.3) is 0 Å². The van der Waals surface area contributed by atoms with Crippen molar-refractivity contribution in [3.63, 3.8) is 0 Å². The lowest BCUT2D eigenvalue weighted by Crippen LogP contribution is -2.41. The molecule has 1 heterocycles. The molecule has 0 saturated heterocycles. The molecule has 0 bridgehead atoms. The van der Waals surface area contributed by atoms with Crippen molar-refractivity contribution in [2.45, 2.75) is 45.8 Å². The summed E-state index contributed by atoms with van der Waals surface area (Å²) in [6.45, 7) is 7.92. The molecule has 3 rings (SSSR count). The molecule has 0 radical (unpaired) electrons. The van der Waals surface area contributed by atoms with Crippen LogP contribution in [-0.4, -0.2) is 36.5 Å². The Kier molecular flexibility index (Phi) is 2.69. The Morgan fingerprint density at radius 3 is 2.53 bits per heavy atom. The molecule has 0 amide bonds. The molecule has 0 N–H and O–H groups in total. The van der Waals surface area contributed by atoms with Crippen LogP contribution in [0.2, 0.25) is 0 Å². The Morgan fingerprint density at radius 2 is 1.94 bits per heavy atom. The van der Waals surface area contributed by atoms with Crippen LogP contribution in [0.15, 0.2) is 5.10 Å². The lowest BCUT2D eigenvalue weighted by Gasteiger charge is -2.32. The summed E-state index contributed by atoms with van der Waals surface area (Å²) < 4.78 is 5.59. The first kappa shape index (κ1) is 11.5. The maximum absolute atomic E-state index is 5.59. The van der Waals surface area contributed by atoms with E-state index in [2.05, 4.69) is 25.8 Å². The van der Waals surface area contributed by atoms with Crippen LogP contribution in [0.3, 0.4) is 0 Å². The number of nitrogens with zero attached hydrogens (tertiary/aromatic N) is 2. The number of rotatable bonds is 3. The highest BCUT2D eigenvalue weighted by atomic mass is 16.5. The number of ether oxygens (including phenoxy) is 1. The molecule has 0 aromatic carbocycles. The first-order valence-electron chi connectivity index (χ1n) is 6.98. The van der Waals surface area contributed by atoms with Gasteiger partial charge in [0.05, 0.1) is 24.4 Å². The fourth-order valence-electron chi connectivity index (χ4n) is 3.70. The van der Waals surface area contributed by atoms with Gasteiger partial charge >= 0.3 is 0 Å². The highest BCUT2D eigenvalue weighted by molar-refractivity contribution is 5.91. The Balaban J connectivity index is 1.60. The van der Waals surface area contributed by atoms with Crippen molar-refractivity contribution in [2.24, 2.45) is 28.8 Å². The van der Waals surface area contributed by atoms with E-state index in [9.17, 15) is 0 Å². The van der Waals surface area contributed by atoms with E-state index in [-0.39, 0.29) is 0 Å². The summed E-state index contributed by atoms with van der Waals surface area (Å²) in [6, 6.07) is 0.736. The van der Waals surface area contributed by atoms with Gasteiger partial charge in [0.15, 0.2) is 0 Å². The molecule has 0 aromatic heterocycles. The van der Waals surface area contributed by atoms with Gasteiger partial charge in [0.1, 0.15) is 0 Å². The zero-order chi connectivity index (χ0) is 12.2. The summed E-state index contributed by atoms with van der Waals surface area (Å²) in [7, 11) is 1.86. The van der Waals surface area contributed by atoms with Crippen LogP contribution in [0.4, 0.5) is 0 Å². The minimum atomic E-state index is 0.482. The first-order chi connectivity index (χ1) is 8.11. The third kappa shape index (κ3) is 1.79. The smallest absolute Gasteiger partial charge is 0.0767 e. The molecule has 0 spiro atoms. The van der Waals surface area contributed by atoms with Crippen molar-refractivity contribution in [2.75, 3.05) is 13.7 Å². The van der Waals surface area contributed by atoms with Crippen LogP contribution < -0.4 is 0 Å². The maximum atomic E-state index is 5.59. The van der Waals surface area contributed by atoms with Gasteiger partial charge in [-0.3, -0.25) is 5.01 Å². The van der Waals surface area contributed by atoms with Gasteiger partial charge in [0, 0.05) is 7.11 Å². The summed E-state index contributed by atoms with van der Waals surface area (Å²) in [5, 5.41) is 7.03. The van der Waals surface area contributed by atoms with Crippen LogP contribution in [0.5, 0.6) is 0 Å². The second-order valence-electron chi connectivity index (χ2n) is 6.38. The van der Waals surface area contributed by atoms with Gasteiger partial charge in [-0.1, -0.05) is 20.8 Å². The third-order valence-electron chi connectivity index (χ3n) is 4.96. The third-order valence-corrected chi connectivity index (χ3v) is 4.96. The van der Waals surface area contributed by atoms with Crippen LogP contribution in [0, 0.1) is 23.7 Å². The van der Waals surface area contributed by atoms with E-state index in [1.807, 2.05) is 7.11 Å². The van der Waals surface area contributed by atoms with Crippen molar-refractivity contribution in [3.8, 4) is 0 Å². The summed E-state index contributed by atoms with van der Waals surface area (Å²) in [5.74, 6) is 3.10. The summed E-state index contributed by atoms with van der Waals surface area (Å²) >= 11 is 0. The second-order valence-corrected chi connectivity index (χ2v) is 6.38. The summed E-state index contributed by atoms with van der Waals surface area (Å²) in [5.41, 5.74) is 1.38. The van der Waals surface area contributed by atoms with Crippen molar-refractivity contribution < 1.29 is 4.74 Å². The van der Waals surface area contributed by atoms with E-state index >= 15 is 0 Å². The van der Waals surface area contributed by atoms with E-state index < -0.39 is 0 Å². The minimum absolute atomic E-state index is 0.482. The Morgan fingerprint density at radius 1 is 1.29 bits per heavy atom. The molecule has 0 aromatic rings. The van der Waals surface area contributed by atoms with Gasteiger partial charge in [-0.2, -0.15) is 5.10 Å². The van der Waals surface area contributed by atoms with Crippen LogP contribution >= 0.6 is 0 Å². The number of hydrogen-bond donors (Lipinski definition) is 0.